The Balaban J connectivity index is 1.47. The van der Waals surface area contributed by atoms with Crippen molar-refractivity contribution < 1.29 is 5.11 Å². The van der Waals surface area contributed by atoms with Gasteiger partial charge in [0, 0.05) is 22.2 Å². The lowest BCUT2D eigenvalue weighted by Crippen LogP contribution is -1.97. The smallest absolute Gasteiger partial charge is 0.145 e. The van der Waals surface area contributed by atoms with Gasteiger partial charge in [-0.05, 0) is 36.4 Å². The van der Waals surface area contributed by atoms with Gasteiger partial charge in [0.05, 0.1) is 16.7 Å². The fourth-order valence-electron chi connectivity index (χ4n) is 4.14. The van der Waals surface area contributed by atoms with Crippen LogP contribution in [-0.4, -0.2) is 19.6 Å². The van der Waals surface area contributed by atoms with Crippen molar-refractivity contribution in [1.82, 2.24) is 14.5 Å². The quantitative estimate of drug-likeness (QED) is 0.355. The van der Waals surface area contributed by atoms with Crippen LogP contribution < -0.4 is 0 Å². The molecule has 0 aliphatic heterocycles. The Hall–Kier alpha value is -4.44. The van der Waals surface area contributed by atoms with Crippen LogP contribution in [0.15, 0.2) is 109 Å². The van der Waals surface area contributed by atoms with Crippen molar-refractivity contribution in [2.24, 2.45) is 0 Å². The molecule has 152 valence electrons. The molecule has 0 aliphatic rings. The number of benzene rings is 4. The highest BCUT2D eigenvalue weighted by Gasteiger charge is 2.14. The van der Waals surface area contributed by atoms with Crippen molar-refractivity contribution in [1.29, 1.82) is 0 Å². The molecule has 0 amide bonds. The van der Waals surface area contributed by atoms with E-state index in [1.807, 2.05) is 60.7 Å². The maximum atomic E-state index is 10.2. The van der Waals surface area contributed by atoms with E-state index in [1.54, 1.807) is 6.07 Å². The van der Waals surface area contributed by atoms with Gasteiger partial charge < -0.3 is 5.11 Å². The maximum Gasteiger partial charge on any atom is 0.145 e. The number of phenolic OH excluding ortho intramolecular Hbond substituents is 1. The van der Waals surface area contributed by atoms with Gasteiger partial charge in [0.2, 0.25) is 0 Å². The number of para-hydroxylation sites is 4. The number of fused-ring (bicyclic) bond motifs is 2. The standard InChI is InChI=1S/C28H19N3O/c32-26-12-6-7-20-17-18-23(29-27(20)26)19-13-15-21(16-14-19)28-30-24-10-4-5-11-25(24)31(28)22-8-2-1-3-9-22/h1-18,32H. The first-order valence-electron chi connectivity index (χ1n) is 10.5. The lowest BCUT2D eigenvalue weighted by Gasteiger charge is -2.10. The minimum Gasteiger partial charge on any atom is -0.506 e. The molecule has 2 heterocycles. The number of hydrogen-bond donors (Lipinski definition) is 1. The molecule has 0 radical (unpaired) electrons. The van der Waals surface area contributed by atoms with Crippen molar-refractivity contribution in [3.8, 4) is 34.1 Å². The Morgan fingerprint density at radius 3 is 2.19 bits per heavy atom. The number of hydrogen-bond acceptors (Lipinski definition) is 3. The molecule has 2 aromatic heterocycles. The van der Waals surface area contributed by atoms with Crippen LogP contribution in [0, 0.1) is 0 Å². The van der Waals surface area contributed by atoms with Crippen LogP contribution in [0.25, 0.3) is 50.3 Å². The number of pyridine rings is 1. The highest BCUT2D eigenvalue weighted by Crippen LogP contribution is 2.31. The average molecular weight is 413 g/mol. The zero-order chi connectivity index (χ0) is 21.5. The Bertz CT molecular complexity index is 1570. The molecule has 0 spiro atoms. The van der Waals surface area contributed by atoms with E-state index >= 15 is 0 Å². The minimum absolute atomic E-state index is 0.192. The normalized spacial score (nSPS) is 11.2. The highest BCUT2D eigenvalue weighted by molar-refractivity contribution is 5.87. The molecule has 1 N–H and O–H groups in total. The van der Waals surface area contributed by atoms with E-state index in [9.17, 15) is 5.11 Å². The molecule has 4 aromatic carbocycles. The van der Waals surface area contributed by atoms with E-state index in [1.165, 1.54) is 0 Å². The third kappa shape index (κ3) is 3.01. The molecule has 6 aromatic rings. The van der Waals surface area contributed by atoms with E-state index in [2.05, 4.69) is 52.0 Å². The number of imidazole rings is 1. The van der Waals surface area contributed by atoms with Crippen molar-refractivity contribution in [2.75, 3.05) is 0 Å². The summed E-state index contributed by atoms with van der Waals surface area (Å²) in [5.74, 6) is 1.09. The summed E-state index contributed by atoms with van der Waals surface area (Å²) in [4.78, 5) is 9.60. The largest absolute Gasteiger partial charge is 0.506 e. The summed E-state index contributed by atoms with van der Waals surface area (Å²) >= 11 is 0. The van der Waals surface area contributed by atoms with Gasteiger partial charge >= 0.3 is 0 Å². The average Bonchev–Trinajstić information content (AvgIpc) is 3.24. The van der Waals surface area contributed by atoms with Gasteiger partial charge in [-0.2, -0.15) is 0 Å². The van der Waals surface area contributed by atoms with E-state index in [4.69, 9.17) is 4.98 Å². The summed E-state index contributed by atoms with van der Waals surface area (Å²) in [6, 6.07) is 36.1. The number of rotatable bonds is 3. The molecule has 0 unspecified atom stereocenters. The van der Waals surface area contributed by atoms with E-state index in [0.717, 1.165) is 44.8 Å². The van der Waals surface area contributed by atoms with Crippen LogP contribution in [-0.2, 0) is 0 Å². The number of aromatic nitrogens is 3. The zero-order valence-corrected chi connectivity index (χ0v) is 17.2. The lowest BCUT2D eigenvalue weighted by molar-refractivity contribution is 0.480. The van der Waals surface area contributed by atoms with Crippen molar-refractivity contribution in [3.05, 3.63) is 109 Å². The predicted octanol–water partition coefficient (Wildman–Crippen LogP) is 6.61. The van der Waals surface area contributed by atoms with Crippen molar-refractivity contribution in [3.63, 3.8) is 0 Å². The predicted molar refractivity (Wildman–Crippen MR) is 129 cm³/mol. The third-order valence-corrected chi connectivity index (χ3v) is 5.71. The maximum absolute atomic E-state index is 10.2. The van der Waals surface area contributed by atoms with Crippen LogP contribution in [0.5, 0.6) is 5.75 Å². The fourth-order valence-corrected chi connectivity index (χ4v) is 4.14. The first kappa shape index (κ1) is 18.3. The second kappa shape index (κ2) is 7.36. The van der Waals surface area contributed by atoms with Gasteiger partial charge in [-0.3, -0.25) is 4.57 Å². The van der Waals surface area contributed by atoms with Crippen molar-refractivity contribution in [2.45, 2.75) is 0 Å². The highest BCUT2D eigenvalue weighted by atomic mass is 16.3. The zero-order valence-electron chi connectivity index (χ0n) is 17.2. The molecule has 0 saturated heterocycles. The fraction of sp³-hybridized carbons (Fsp3) is 0. The molecule has 4 heteroatoms. The van der Waals surface area contributed by atoms with Gasteiger partial charge in [0.15, 0.2) is 0 Å². The summed E-state index contributed by atoms with van der Waals surface area (Å²) in [6.45, 7) is 0. The molecule has 0 saturated carbocycles. The Labute approximate surface area is 185 Å². The van der Waals surface area contributed by atoms with Gasteiger partial charge in [-0.25, -0.2) is 9.97 Å². The monoisotopic (exact) mass is 413 g/mol. The summed E-state index contributed by atoms with van der Waals surface area (Å²) in [5, 5.41) is 11.1. The molecule has 0 aliphatic carbocycles. The minimum atomic E-state index is 0.192. The summed E-state index contributed by atoms with van der Waals surface area (Å²) in [6.07, 6.45) is 0. The first-order valence-corrected chi connectivity index (χ1v) is 10.5. The van der Waals surface area contributed by atoms with E-state index in [0.29, 0.717) is 5.52 Å². The molecule has 32 heavy (non-hydrogen) atoms. The molecule has 4 nitrogen and oxygen atoms in total. The summed E-state index contributed by atoms with van der Waals surface area (Å²) in [5.41, 5.74) is 6.55. The van der Waals surface area contributed by atoms with Crippen LogP contribution in [0.4, 0.5) is 0 Å². The van der Waals surface area contributed by atoms with Gasteiger partial charge in [-0.15, -0.1) is 0 Å². The third-order valence-electron chi connectivity index (χ3n) is 5.71. The Morgan fingerprint density at radius 2 is 1.34 bits per heavy atom. The first-order chi connectivity index (χ1) is 15.8. The SMILES string of the molecule is Oc1cccc2ccc(-c3ccc(-c4nc5ccccc5n4-c4ccccc4)cc3)nc12. The number of phenols is 1. The molecule has 0 atom stereocenters. The van der Waals surface area contributed by atoms with Crippen LogP contribution in [0.3, 0.4) is 0 Å². The second-order valence-electron chi connectivity index (χ2n) is 7.72. The number of nitrogens with zero attached hydrogens (tertiary/aromatic N) is 3. The molecular weight excluding hydrogens is 394 g/mol. The Morgan fingerprint density at radius 1 is 0.594 bits per heavy atom. The van der Waals surface area contributed by atoms with Gasteiger partial charge in [0.1, 0.15) is 17.1 Å². The topological polar surface area (TPSA) is 50.9 Å². The lowest BCUT2D eigenvalue weighted by atomic mass is 10.1. The number of aromatic hydroxyl groups is 1. The van der Waals surface area contributed by atoms with E-state index in [-0.39, 0.29) is 5.75 Å². The second-order valence-corrected chi connectivity index (χ2v) is 7.72. The molecular formula is C28H19N3O. The molecule has 0 fully saturated rings. The van der Waals surface area contributed by atoms with Gasteiger partial charge in [-0.1, -0.05) is 72.8 Å². The summed E-state index contributed by atoms with van der Waals surface area (Å²) in [7, 11) is 0. The molecule has 0 bridgehead atoms. The van der Waals surface area contributed by atoms with Crippen LogP contribution in [0.1, 0.15) is 0 Å². The summed E-state index contributed by atoms with van der Waals surface area (Å²) < 4.78 is 2.19. The van der Waals surface area contributed by atoms with Crippen molar-refractivity contribution >= 4 is 21.9 Å². The van der Waals surface area contributed by atoms with Crippen LogP contribution >= 0.6 is 0 Å². The Kier molecular flexibility index (Phi) is 4.22. The van der Waals surface area contributed by atoms with E-state index < -0.39 is 0 Å². The molecule has 6 rings (SSSR count). The van der Waals surface area contributed by atoms with Crippen LogP contribution in [0.2, 0.25) is 0 Å². The van der Waals surface area contributed by atoms with Gasteiger partial charge in [0.25, 0.3) is 0 Å².